The second-order valence-corrected chi connectivity index (χ2v) is 7.78. The van der Waals surface area contributed by atoms with Crippen LogP contribution in [0.4, 0.5) is 45.1 Å². The van der Waals surface area contributed by atoms with Gasteiger partial charge in [0.25, 0.3) is 5.91 Å². The van der Waals surface area contributed by atoms with Gasteiger partial charge in [0.2, 0.25) is 0 Å². The standard InChI is InChI=1S/C23H20F4N4O2S/c1-30(2)18-12-14(23(25,26)27)11-16(13-18)29-22(33)31(34)17-9-7-15(8-10-17)28-21(32)19-5-3-4-6-20(19)24/h3-13,34H,1-2H3,(H,28,32)(H,29,33). The summed E-state index contributed by atoms with van der Waals surface area (Å²) in [5.74, 6) is -1.31. The Kier molecular flexibility index (Phi) is 7.35. The molecule has 3 aromatic carbocycles. The summed E-state index contributed by atoms with van der Waals surface area (Å²) in [5, 5.41) is 4.93. The molecule has 0 heterocycles. The van der Waals surface area contributed by atoms with E-state index in [-0.39, 0.29) is 22.6 Å². The third-order valence-corrected chi connectivity index (χ3v) is 5.11. The second-order valence-electron chi connectivity index (χ2n) is 7.38. The Labute approximate surface area is 198 Å². The average Bonchev–Trinajstić information content (AvgIpc) is 2.78. The number of hydrogen-bond donors (Lipinski definition) is 3. The van der Waals surface area contributed by atoms with Crippen molar-refractivity contribution >= 4 is 47.5 Å². The molecule has 3 rings (SSSR count). The molecule has 6 nitrogen and oxygen atoms in total. The first kappa shape index (κ1) is 24.9. The maximum Gasteiger partial charge on any atom is 0.416 e. The van der Waals surface area contributed by atoms with Crippen LogP contribution in [0.3, 0.4) is 0 Å². The van der Waals surface area contributed by atoms with E-state index >= 15 is 0 Å². The molecule has 11 heteroatoms. The van der Waals surface area contributed by atoms with E-state index in [2.05, 4.69) is 23.4 Å². The zero-order valence-corrected chi connectivity index (χ0v) is 18.9. The summed E-state index contributed by atoms with van der Waals surface area (Å²) in [5.41, 5.74) is -0.214. The van der Waals surface area contributed by atoms with E-state index in [1.54, 1.807) is 14.1 Å². The van der Waals surface area contributed by atoms with Gasteiger partial charge in [0.15, 0.2) is 0 Å². The number of nitrogens with zero attached hydrogens (tertiary/aromatic N) is 2. The van der Waals surface area contributed by atoms with Crippen molar-refractivity contribution in [2.45, 2.75) is 6.18 Å². The molecule has 0 saturated heterocycles. The molecule has 0 bridgehead atoms. The molecule has 178 valence electrons. The van der Waals surface area contributed by atoms with Crippen LogP contribution in [-0.4, -0.2) is 26.0 Å². The Morgan fingerprint density at radius 2 is 1.50 bits per heavy atom. The number of amides is 3. The Morgan fingerprint density at radius 3 is 2.09 bits per heavy atom. The number of urea groups is 1. The summed E-state index contributed by atoms with van der Waals surface area (Å²) >= 11 is 4.12. The zero-order chi connectivity index (χ0) is 25.0. The normalized spacial score (nSPS) is 11.0. The molecule has 0 aliphatic rings. The van der Waals surface area contributed by atoms with Gasteiger partial charge in [-0.25, -0.2) is 13.5 Å². The lowest BCUT2D eigenvalue weighted by Gasteiger charge is -2.20. The summed E-state index contributed by atoms with van der Waals surface area (Å²) < 4.78 is 54.3. The third kappa shape index (κ3) is 5.98. The van der Waals surface area contributed by atoms with Crippen molar-refractivity contribution in [1.29, 1.82) is 0 Å². The lowest BCUT2D eigenvalue weighted by atomic mass is 10.1. The minimum atomic E-state index is -4.59. The van der Waals surface area contributed by atoms with E-state index in [4.69, 9.17) is 0 Å². The Bertz CT molecular complexity index is 1200. The largest absolute Gasteiger partial charge is 0.416 e. The maximum atomic E-state index is 13.8. The highest BCUT2D eigenvalue weighted by molar-refractivity contribution is 7.82. The predicted octanol–water partition coefficient (Wildman–Crippen LogP) is 6.05. The van der Waals surface area contributed by atoms with E-state index in [0.717, 1.165) is 16.4 Å². The minimum absolute atomic E-state index is 0.0589. The molecule has 0 aliphatic heterocycles. The summed E-state index contributed by atoms with van der Waals surface area (Å²) in [6, 6.07) is 13.8. The lowest BCUT2D eigenvalue weighted by molar-refractivity contribution is -0.137. The van der Waals surface area contributed by atoms with Gasteiger partial charge in [-0.3, -0.25) is 4.79 Å². The van der Waals surface area contributed by atoms with Crippen LogP contribution in [0.2, 0.25) is 0 Å². The summed E-state index contributed by atoms with van der Waals surface area (Å²) in [6.45, 7) is 0. The molecular formula is C23H20F4N4O2S. The van der Waals surface area contributed by atoms with Crippen molar-refractivity contribution in [2.24, 2.45) is 0 Å². The molecule has 34 heavy (non-hydrogen) atoms. The highest BCUT2D eigenvalue weighted by atomic mass is 32.1. The molecule has 0 spiro atoms. The number of carbonyl (C=O) groups excluding carboxylic acids is 2. The molecule has 0 unspecified atom stereocenters. The van der Waals surface area contributed by atoms with Gasteiger partial charge >= 0.3 is 12.2 Å². The van der Waals surface area contributed by atoms with Crippen LogP contribution in [0.15, 0.2) is 66.7 Å². The number of alkyl halides is 3. The maximum absolute atomic E-state index is 13.8. The van der Waals surface area contributed by atoms with E-state index < -0.39 is 29.5 Å². The number of hydrogen-bond acceptors (Lipinski definition) is 4. The molecule has 0 aliphatic carbocycles. The Hall–Kier alpha value is -3.73. The molecule has 0 aromatic heterocycles. The first-order chi connectivity index (χ1) is 16.0. The summed E-state index contributed by atoms with van der Waals surface area (Å²) in [6.07, 6.45) is -4.59. The number of anilines is 4. The van der Waals surface area contributed by atoms with Crippen molar-refractivity contribution in [3.05, 3.63) is 83.7 Å². The number of nitrogens with one attached hydrogen (secondary N) is 2. The summed E-state index contributed by atoms with van der Waals surface area (Å²) in [4.78, 5) is 26.3. The molecule has 0 atom stereocenters. The van der Waals surface area contributed by atoms with Crippen molar-refractivity contribution in [3.8, 4) is 0 Å². The first-order valence-corrected chi connectivity index (χ1v) is 10.2. The van der Waals surface area contributed by atoms with Crippen LogP contribution in [-0.2, 0) is 6.18 Å². The molecule has 3 amide bonds. The van der Waals surface area contributed by atoms with E-state index in [1.807, 2.05) is 0 Å². The van der Waals surface area contributed by atoms with Gasteiger partial charge in [0.05, 0.1) is 16.8 Å². The van der Waals surface area contributed by atoms with Gasteiger partial charge in [0.1, 0.15) is 5.82 Å². The molecule has 0 radical (unpaired) electrons. The number of carbonyl (C=O) groups is 2. The fraction of sp³-hybridized carbons (Fsp3) is 0.130. The van der Waals surface area contributed by atoms with Crippen LogP contribution in [0.5, 0.6) is 0 Å². The van der Waals surface area contributed by atoms with Gasteiger partial charge < -0.3 is 15.5 Å². The topological polar surface area (TPSA) is 64.7 Å². The van der Waals surface area contributed by atoms with Gasteiger partial charge in [-0.05, 0) is 54.6 Å². The monoisotopic (exact) mass is 492 g/mol. The van der Waals surface area contributed by atoms with Crippen LogP contribution >= 0.6 is 12.8 Å². The Balaban J connectivity index is 1.72. The first-order valence-electron chi connectivity index (χ1n) is 9.81. The van der Waals surface area contributed by atoms with Crippen LogP contribution in [0.1, 0.15) is 15.9 Å². The molecule has 0 fully saturated rings. The highest BCUT2D eigenvalue weighted by Gasteiger charge is 2.31. The minimum Gasteiger partial charge on any atom is -0.378 e. The third-order valence-electron chi connectivity index (χ3n) is 4.69. The number of halogens is 4. The van der Waals surface area contributed by atoms with Crippen molar-refractivity contribution in [3.63, 3.8) is 0 Å². The SMILES string of the molecule is CN(C)c1cc(NC(=O)N(S)c2ccc(NC(=O)c3ccccc3F)cc2)cc(C(F)(F)F)c1. The Morgan fingerprint density at radius 1 is 0.853 bits per heavy atom. The van der Waals surface area contributed by atoms with Gasteiger partial charge in [-0.15, -0.1) is 0 Å². The van der Waals surface area contributed by atoms with Crippen molar-refractivity contribution < 1.29 is 27.2 Å². The zero-order valence-electron chi connectivity index (χ0n) is 18.0. The molecule has 2 N–H and O–H groups in total. The second kappa shape index (κ2) is 10.0. The van der Waals surface area contributed by atoms with Gasteiger partial charge in [-0.2, -0.15) is 13.2 Å². The average molecular weight is 492 g/mol. The summed E-state index contributed by atoms with van der Waals surface area (Å²) in [7, 11) is 3.16. The van der Waals surface area contributed by atoms with Gasteiger partial charge in [0, 0.05) is 31.2 Å². The molecule has 0 saturated carbocycles. The quantitative estimate of drug-likeness (QED) is 0.300. The van der Waals surface area contributed by atoms with E-state index in [1.165, 1.54) is 59.5 Å². The fourth-order valence-corrected chi connectivity index (χ4v) is 3.11. The van der Waals surface area contributed by atoms with Crippen molar-refractivity contribution in [1.82, 2.24) is 0 Å². The fourth-order valence-electron chi connectivity index (χ4n) is 2.93. The predicted molar refractivity (Wildman–Crippen MR) is 127 cm³/mol. The smallest absolute Gasteiger partial charge is 0.378 e. The van der Waals surface area contributed by atoms with E-state index in [9.17, 15) is 27.2 Å². The molecule has 3 aromatic rings. The van der Waals surface area contributed by atoms with Crippen LogP contribution in [0.25, 0.3) is 0 Å². The van der Waals surface area contributed by atoms with Crippen LogP contribution < -0.4 is 19.8 Å². The van der Waals surface area contributed by atoms with Crippen LogP contribution in [0, 0.1) is 5.82 Å². The van der Waals surface area contributed by atoms with Crippen molar-refractivity contribution in [2.75, 3.05) is 33.9 Å². The number of rotatable bonds is 5. The number of thiol groups is 1. The van der Waals surface area contributed by atoms with Gasteiger partial charge in [-0.1, -0.05) is 24.9 Å². The number of benzene rings is 3. The highest BCUT2D eigenvalue weighted by Crippen LogP contribution is 2.34. The van der Waals surface area contributed by atoms with E-state index in [0.29, 0.717) is 5.69 Å². The lowest BCUT2D eigenvalue weighted by Crippen LogP contribution is -2.27. The molecular weight excluding hydrogens is 472 g/mol.